The van der Waals surface area contributed by atoms with Crippen LogP contribution in [-0.4, -0.2) is 43.8 Å². The van der Waals surface area contributed by atoms with Crippen molar-refractivity contribution in [1.82, 2.24) is 4.90 Å². The lowest BCUT2D eigenvalue weighted by Crippen LogP contribution is -2.28. The van der Waals surface area contributed by atoms with Crippen molar-refractivity contribution in [2.24, 2.45) is 0 Å². The molecular weight excluding hydrogens is 342 g/mol. The smallest absolute Gasteiger partial charge is 0.209 e. The number of carbonyl (C=O) groups is 2. The number of rotatable bonds is 9. The van der Waals surface area contributed by atoms with Gasteiger partial charge in [0.15, 0.2) is 5.78 Å². The second kappa shape index (κ2) is 9.57. The fraction of sp³-hybridized carbons (Fsp3) is 0.273. The van der Waals surface area contributed by atoms with Crippen molar-refractivity contribution in [3.8, 4) is 11.5 Å². The first-order chi connectivity index (χ1) is 13.0. The van der Waals surface area contributed by atoms with Gasteiger partial charge in [-0.3, -0.25) is 9.59 Å². The summed E-state index contributed by atoms with van der Waals surface area (Å²) in [7, 11) is 3.15. The number of ketones is 2. The molecule has 142 valence electrons. The van der Waals surface area contributed by atoms with Gasteiger partial charge in [-0.15, -0.1) is 0 Å². The number of benzene rings is 2. The van der Waals surface area contributed by atoms with Gasteiger partial charge in [-0.2, -0.15) is 0 Å². The Hall–Kier alpha value is -3.08. The predicted molar refractivity (Wildman–Crippen MR) is 106 cm³/mol. The summed E-state index contributed by atoms with van der Waals surface area (Å²) in [4.78, 5) is 27.6. The Morgan fingerprint density at radius 3 is 1.67 bits per heavy atom. The number of likely N-dealkylation sites (N-methyl/N-ethyl adjacent to an activating group) is 1. The molecule has 0 fully saturated rings. The highest BCUT2D eigenvalue weighted by Crippen LogP contribution is 2.19. The zero-order chi connectivity index (χ0) is 19.8. The summed E-state index contributed by atoms with van der Waals surface area (Å²) in [5.41, 5.74) is 1.39. The second-order valence-electron chi connectivity index (χ2n) is 5.85. The van der Waals surface area contributed by atoms with Gasteiger partial charge in [-0.1, -0.05) is 0 Å². The maximum absolute atomic E-state index is 13.0. The number of hydrogen-bond donors (Lipinski definition) is 0. The van der Waals surface area contributed by atoms with E-state index in [4.69, 9.17) is 9.47 Å². The molecule has 0 bridgehead atoms. The molecule has 2 aromatic carbocycles. The fourth-order valence-electron chi connectivity index (χ4n) is 2.72. The van der Waals surface area contributed by atoms with Gasteiger partial charge in [0.05, 0.1) is 19.9 Å². The van der Waals surface area contributed by atoms with Crippen molar-refractivity contribution in [1.29, 1.82) is 0 Å². The molecule has 2 rings (SSSR count). The van der Waals surface area contributed by atoms with Gasteiger partial charge in [0.1, 0.15) is 11.5 Å². The van der Waals surface area contributed by atoms with Crippen molar-refractivity contribution < 1.29 is 19.1 Å². The maximum Gasteiger partial charge on any atom is 0.209 e. The average Bonchev–Trinajstić information content (AvgIpc) is 2.73. The molecule has 0 spiro atoms. The Bertz CT molecular complexity index is 803. The molecule has 0 aliphatic carbocycles. The van der Waals surface area contributed by atoms with Gasteiger partial charge in [-0.25, -0.2) is 0 Å². The number of ether oxygens (including phenoxy) is 2. The molecule has 0 atom stereocenters. The van der Waals surface area contributed by atoms with E-state index in [9.17, 15) is 9.59 Å². The van der Waals surface area contributed by atoms with Crippen molar-refractivity contribution in [3.63, 3.8) is 0 Å². The number of nitrogens with zero attached hydrogens (tertiary/aromatic N) is 1. The van der Waals surface area contributed by atoms with E-state index in [1.165, 1.54) is 6.08 Å². The SMILES string of the molecule is CCN(CC)/C(=C/C(=O)c1ccc(OC)cc1)C(=O)c1ccc(OC)cc1. The Balaban J connectivity index is 2.38. The monoisotopic (exact) mass is 367 g/mol. The third kappa shape index (κ3) is 4.97. The van der Waals surface area contributed by atoms with Crippen LogP contribution < -0.4 is 9.47 Å². The molecule has 5 nitrogen and oxygen atoms in total. The lowest BCUT2D eigenvalue weighted by Gasteiger charge is -2.23. The topological polar surface area (TPSA) is 55.8 Å². The van der Waals surface area contributed by atoms with Crippen molar-refractivity contribution in [2.75, 3.05) is 27.3 Å². The number of Topliss-reactive ketones (excluding diaryl/α,β-unsaturated/α-hetero) is 1. The maximum atomic E-state index is 13.0. The van der Waals surface area contributed by atoms with E-state index in [0.29, 0.717) is 41.4 Å². The molecule has 0 aromatic heterocycles. The number of allylic oxidation sites excluding steroid dienone is 2. The largest absolute Gasteiger partial charge is 0.497 e. The minimum Gasteiger partial charge on any atom is -0.497 e. The molecular formula is C22H25NO4. The van der Waals surface area contributed by atoms with E-state index in [-0.39, 0.29) is 11.6 Å². The molecule has 0 aliphatic heterocycles. The van der Waals surface area contributed by atoms with Crippen molar-refractivity contribution >= 4 is 11.6 Å². The minimum absolute atomic E-state index is 0.191. The van der Waals surface area contributed by atoms with E-state index in [1.807, 2.05) is 18.7 Å². The van der Waals surface area contributed by atoms with Crippen molar-refractivity contribution in [3.05, 3.63) is 71.4 Å². The third-order valence-electron chi connectivity index (χ3n) is 4.33. The second-order valence-corrected chi connectivity index (χ2v) is 5.85. The lowest BCUT2D eigenvalue weighted by atomic mass is 10.0. The summed E-state index contributed by atoms with van der Waals surface area (Å²) in [5, 5.41) is 0. The van der Waals surface area contributed by atoms with Gasteiger partial charge in [0.25, 0.3) is 0 Å². The highest BCUT2D eigenvalue weighted by Gasteiger charge is 2.19. The highest BCUT2D eigenvalue weighted by molar-refractivity contribution is 6.14. The van der Waals surface area contributed by atoms with E-state index >= 15 is 0 Å². The van der Waals surface area contributed by atoms with Gasteiger partial charge >= 0.3 is 0 Å². The summed E-state index contributed by atoms with van der Waals surface area (Å²) in [5.74, 6) is 0.938. The number of methoxy groups -OCH3 is 2. The standard InChI is InChI=1S/C22H25NO4/c1-5-23(6-2)20(22(25)17-9-13-19(27-4)14-10-17)15-21(24)16-7-11-18(26-3)12-8-16/h7-15H,5-6H2,1-4H3/b20-15+. The first-order valence-electron chi connectivity index (χ1n) is 8.87. The zero-order valence-corrected chi connectivity index (χ0v) is 16.2. The summed E-state index contributed by atoms with van der Waals surface area (Å²) in [6.07, 6.45) is 1.42. The number of carbonyl (C=O) groups excluding carboxylic acids is 2. The van der Waals surface area contributed by atoms with Crippen LogP contribution in [0.15, 0.2) is 60.3 Å². The van der Waals surface area contributed by atoms with Crippen LogP contribution in [0.25, 0.3) is 0 Å². The van der Waals surface area contributed by atoms with Crippen LogP contribution in [0.2, 0.25) is 0 Å². The van der Waals surface area contributed by atoms with E-state index in [1.54, 1.807) is 62.8 Å². The lowest BCUT2D eigenvalue weighted by molar-refractivity contribution is 0.0975. The van der Waals surface area contributed by atoms with Crippen LogP contribution in [0.4, 0.5) is 0 Å². The molecule has 0 aliphatic rings. The Kier molecular flexibility index (Phi) is 7.17. The van der Waals surface area contributed by atoms with E-state index in [0.717, 1.165) is 0 Å². The minimum atomic E-state index is -0.221. The molecule has 0 unspecified atom stereocenters. The van der Waals surface area contributed by atoms with Gasteiger partial charge in [-0.05, 0) is 62.4 Å². The molecule has 0 heterocycles. The van der Waals surface area contributed by atoms with Crippen LogP contribution in [0.3, 0.4) is 0 Å². The van der Waals surface area contributed by atoms with Crippen LogP contribution in [0, 0.1) is 0 Å². The Morgan fingerprint density at radius 1 is 0.815 bits per heavy atom. The van der Waals surface area contributed by atoms with Crippen LogP contribution in [-0.2, 0) is 0 Å². The summed E-state index contributed by atoms with van der Waals surface area (Å²) in [6.45, 7) is 5.16. The molecule has 0 N–H and O–H groups in total. The van der Waals surface area contributed by atoms with Crippen LogP contribution in [0.5, 0.6) is 11.5 Å². The summed E-state index contributed by atoms with van der Waals surface area (Å²) in [6, 6.07) is 13.7. The van der Waals surface area contributed by atoms with Gasteiger partial charge < -0.3 is 14.4 Å². The first-order valence-corrected chi connectivity index (χ1v) is 8.87. The summed E-state index contributed by atoms with van der Waals surface area (Å²) >= 11 is 0. The average molecular weight is 367 g/mol. The van der Waals surface area contributed by atoms with E-state index in [2.05, 4.69) is 0 Å². The number of hydrogen-bond acceptors (Lipinski definition) is 5. The predicted octanol–water partition coefficient (Wildman–Crippen LogP) is 4.00. The van der Waals surface area contributed by atoms with Crippen LogP contribution in [0.1, 0.15) is 34.6 Å². The molecule has 0 saturated carbocycles. The van der Waals surface area contributed by atoms with Gasteiger partial charge in [0.2, 0.25) is 5.78 Å². The first kappa shape index (κ1) is 20.2. The molecule has 2 aromatic rings. The third-order valence-corrected chi connectivity index (χ3v) is 4.33. The molecule has 0 radical (unpaired) electrons. The molecule has 0 amide bonds. The van der Waals surface area contributed by atoms with Crippen LogP contribution >= 0.6 is 0 Å². The Labute approximate surface area is 160 Å². The van der Waals surface area contributed by atoms with Crippen molar-refractivity contribution in [2.45, 2.75) is 13.8 Å². The van der Waals surface area contributed by atoms with Gasteiger partial charge in [0, 0.05) is 30.3 Å². The highest BCUT2D eigenvalue weighted by atomic mass is 16.5. The van der Waals surface area contributed by atoms with E-state index < -0.39 is 0 Å². The molecule has 5 heteroatoms. The summed E-state index contributed by atoms with van der Waals surface area (Å²) < 4.78 is 10.3. The normalized spacial score (nSPS) is 11.0. The molecule has 0 saturated heterocycles. The molecule has 27 heavy (non-hydrogen) atoms. The zero-order valence-electron chi connectivity index (χ0n) is 16.2. The fourth-order valence-corrected chi connectivity index (χ4v) is 2.72. The Morgan fingerprint density at radius 2 is 1.26 bits per heavy atom. The quantitative estimate of drug-likeness (QED) is 0.495.